The number of amides is 1. The molecule has 18 heavy (non-hydrogen) atoms. The Bertz CT molecular complexity index is 407. The predicted molar refractivity (Wildman–Crippen MR) is 69.6 cm³/mol. The molecule has 0 saturated heterocycles. The lowest BCUT2D eigenvalue weighted by Crippen LogP contribution is -2.27. The summed E-state index contributed by atoms with van der Waals surface area (Å²) in [6, 6.07) is 3.97. The number of nitrogens with zero attached hydrogens (tertiary/aromatic N) is 1. The first-order valence-corrected chi connectivity index (χ1v) is 6.03. The summed E-state index contributed by atoms with van der Waals surface area (Å²) in [6.45, 7) is 1.29. The van der Waals surface area contributed by atoms with E-state index in [0.29, 0.717) is 13.1 Å². The van der Waals surface area contributed by atoms with Crippen LogP contribution in [0.5, 0.6) is 11.5 Å². The van der Waals surface area contributed by atoms with E-state index in [-0.39, 0.29) is 23.0 Å². The second kappa shape index (κ2) is 6.86. The minimum absolute atomic E-state index is 0.0605. The van der Waals surface area contributed by atoms with E-state index in [1.807, 2.05) is 0 Å². The van der Waals surface area contributed by atoms with Crippen LogP contribution in [0.3, 0.4) is 0 Å². The number of phenols is 2. The first-order chi connectivity index (χ1) is 8.56. The molecule has 0 aliphatic heterocycles. The van der Waals surface area contributed by atoms with Crippen molar-refractivity contribution in [2.75, 3.05) is 20.1 Å². The van der Waals surface area contributed by atoms with Crippen molar-refractivity contribution in [3.05, 3.63) is 23.8 Å². The Morgan fingerprint density at radius 2 is 2.00 bits per heavy atom. The molecule has 0 spiro atoms. The zero-order valence-electron chi connectivity index (χ0n) is 10.6. The Hall–Kier alpha value is -1.75. The monoisotopic (exact) mass is 252 g/mol. The lowest BCUT2D eigenvalue weighted by Gasteiger charge is -2.17. The number of carbonyl (C=O) groups excluding carboxylic acids is 1. The van der Waals surface area contributed by atoms with Gasteiger partial charge in [0, 0.05) is 19.7 Å². The molecule has 0 heterocycles. The van der Waals surface area contributed by atoms with Crippen LogP contribution in [0.15, 0.2) is 18.2 Å². The maximum atomic E-state index is 12.0. The van der Waals surface area contributed by atoms with Crippen LogP contribution in [-0.2, 0) is 0 Å². The molecule has 100 valence electrons. The summed E-state index contributed by atoms with van der Waals surface area (Å²) in [7, 11) is 1.69. The van der Waals surface area contributed by atoms with Crippen molar-refractivity contribution in [2.24, 2.45) is 5.73 Å². The SMILES string of the molecule is CN(CCCCCN)C(=O)c1ccc(O)cc1O. The van der Waals surface area contributed by atoms with Gasteiger partial charge in [0.2, 0.25) is 0 Å². The smallest absolute Gasteiger partial charge is 0.257 e. The van der Waals surface area contributed by atoms with Crippen molar-refractivity contribution >= 4 is 5.91 Å². The van der Waals surface area contributed by atoms with Crippen LogP contribution >= 0.6 is 0 Å². The fourth-order valence-corrected chi connectivity index (χ4v) is 1.68. The minimum atomic E-state index is -0.250. The number of unbranched alkanes of at least 4 members (excludes halogenated alkanes) is 2. The number of rotatable bonds is 6. The van der Waals surface area contributed by atoms with Crippen LogP contribution in [0, 0.1) is 0 Å². The molecule has 5 nitrogen and oxygen atoms in total. The number of benzene rings is 1. The van der Waals surface area contributed by atoms with E-state index < -0.39 is 0 Å². The molecule has 0 fully saturated rings. The van der Waals surface area contributed by atoms with Crippen LogP contribution in [0.4, 0.5) is 0 Å². The molecule has 0 unspecified atom stereocenters. The topological polar surface area (TPSA) is 86.8 Å². The second-order valence-corrected chi connectivity index (χ2v) is 4.28. The zero-order chi connectivity index (χ0) is 13.5. The summed E-state index contributed by atoms with van der Waals surface area (Å²) in [5, 5.41) is 18.8. The van der Waals surface area contributed by atoms with Crippen molar-refractivity contribution in [1.29, 1.82) is 0 Å². The fraction of sp³-hybridized carbons (Fsp3) is 0.462. The maximum absolute atomic E-state index is 12.0. The van der Waals surface area contributed by atoms with Crippen LogP contribution in [0.25, 0.3) is 0 Å². The zero-order valence-corrected chi connectivity index (χ0v) is 10.6. The summed E-state index contributed by atoms with van der Waals surface area (Å²) < 4.78 is 0. The van der Waals surface area contributed by atoms with Gasteiger partial charge in [-0.15, -0.1) is 0 Å². The van der Waals surface area contributed by atoms with Gasteiger partial charge >= 0.3 is 0 Å². The highest BCUT2D eigenvalue weighted by Crippen LogP contribution is 2.23. The number of hydrogen-bond donors (Lipinski definition) is 3. The summed E-state index contributed by atoms with van der Waals surface area (Å²) in [4.78, 5) is 13.6. The van der Waals surface area contributed by atoms with E-state index in [0.717, 1.165) is 25.3 Å². The highest BCUT2D eigenvalue weighted by Gasteiger charge is 2.15. The Balaban J connectivity index is 2.57. The largest absolute Gasteiger partial charge is 0.508 e. The van der Waals surface area contributed by atoms with Crippen molar-refractivity contribution < 1.29 is 15.0 Å². The van der Waals surface area contributed by atoms with Crippen molar-refractivity contribution in [2.45, 2.75) is 19.3 Å². The number of carbonyl (C=O) groups is 1. The molecule has 1 amide bonds. The van der Waals surface area contributed by atoms with Crippen LogP contribution in [0.1, 0.15) is 29.6 Å². The van der Waals surface area contributed by atoms with Crippen molar-refractivity contribution in [3.63, 3.8) is 0 Å². The average Bonchev–Trinajstić information content (AvgIpc) is 2.33. The first-order valence-electron chi connectivity index (χ1n) is 6.03. The lowest BCUT2D eigenvalue weighted by atomic mass is 10.1. The van der Waals surface area contributed by atoms with E-state index in [9.17, 15) is 9.90 Å². The van der Waals surface area contributed by atoms with Crippen LogP contribution in [-0.4, -0.2) is 41.2 Å². The molecule has 0 radical (unpaired) electrons. The standard InChI is InChI=1S/C13H20N2O3/c1-15(8-4-2-3-7-14)13(18)11-6-5-10(16)9-12(11)17/h5-6,9,16-17H,2-4,7-8,14H2,1H3. The van der Waals surface area contributed by atoms with Crippen LogP contribution in [0.2, 0.25) is 0 Å². The molecule has 0 saturated carbocycles. The summed E-state index contributed by atoms with van der Waals surface area (Å²) >= 11 is 0. The predicted octanol–water partition coefficient (Wildman–Crippen LogP) is 1.30. The Labute approximate surface area is 107 Å². The molecule has 0 atom stereocenters. The summed E-state index contributed by atoms with van der Waals surface area (Å²) in [5.41, 5.74) is 5.60. The molecular weight excluding hydrogens is 232 g/mol. The molecule has 0 aromatic heterocycles. The number of phenolic OH excluding ortho intramolecular Hbond substituents is 2. The van der Waals surface area contributed by atoms with Gasteiger partial charge in [-0.2, -0.15) is 0 Å². The molecule has 1 rings (SSSR count). The Kier molecular flexibility index (Phi) is 5.45. The van der Waals surface area contributed by atoms with Gasteiger partial charge in [0.1, 0.15) is 11.5 Å². The molecule has 1 aromatic rings. The van der Waals surface area contributed by atoms with Gasteiger partial charge in [-0.05, 0) is 31.5 Å². The van der Waals surface area contributed by atoms with E-state index in [2.05, 4.69) is 0 Å². The molecule has 5 heteroatoms. The van der Waals surface area contributed by atoms with Gasteiger partial charge in [-0.1, -0.05) is 6.42 Å². The third-order valence-electron chi connectivity index (χ3n) is 2.76. The number of nitrogens with two attached hydrogens (primary N) is 1. The Morgan fingerprint density at radius 1 is 1.28 bits per heavy atom. The number of hydrogen-bond acceptors (Lipinski definition) is 4. The number of aromatic hydroxyl groups is 2. The maximum Gasteiger partial charge on any atom is 0.257 e. The van der Waals surface area contributed by atoms with E-state index in [1.165, 1.54) is 12.1 Å². The molecule has 0 aliphatic carbocycles. The molecular formula is C13H20N2O3. The molecule has 1 aromatic carbocycles. The molecule has 0 bridgehead atoms. The van der Waals surface area contributed by atoms with E-state index in [1.54, 1.807) is 11.9 Å². The van der Waals surface area contributed by atoms with Crippen molar-refractivity contribution in [3.8, 4) is 11.5 Å². The summed E-state index contributed by atoms with van der Waals surface area (Å²) in [6.07, 6.45) is 2.82. The third-order valence-corrected chi connectivity index (χ3v) is 2.76. The quantitative estimate of drug-likeness (QED) is 0.666. The minimum Gasteiger partial charge on any atom is -0.508 e. The summed E-state index contributed by atoms with van der Waals surface area (Å²) in [5.74, 6) is -0.510. The van der Waals surface area contributed by atoms with Gasteiger partial charge in [0.05, 0.1) is 5.56 Å². The van der Waals surface area contributed by atoms with Gasteiger partial charge in [-0.3, -0.25) is 4.79 Å². The van der Waals surface area contributed by atoms with E-state index in [4.69, 9.17) is 10.8 Å². The average molecular weight is 252 g/mol. The van der Waals surface area contributed by atoms with E-state index >= 15 is 0 Å². The van der Waals surface area contributed by atoms with Crippen LogP contribution < -0.4 is 5.73 Å². The van der Waals surface area contributed by atoms with Gasteiger partial charge in [-0.25, -0.2) is 0 Å². The third kappa shape index (κ3) is 3.92. The van der Waals surface area contributed by atoms with Gasteiger partial charge < -0.3 is 20.8 Å². The highest BCUT2D eigenvalue weighted by molar-refractivity contribution is 5.96. The molecule has 0 aliphatic rings. The fourth-order valence-electron chi connectivity index (χ4n) is 1.68. The van der Waals surface area contributed by atoms with Gasteiger partial charge in [0.25, 0.3) is 5.91 Å². The lowest BCUT2D eigenvalue weighted by molar-refractivity contribution is 0.0789. The second-order valence-electron chi connectivity index (χ2n) is 4.28. The first kappa shape index (κ1) is 14.3. The van der Waals surface area contributed by atoms with Gasteiger partial charge in [0.15, 0.2) is 0 Å². The molecule has 4 N–H and O–H groups in total. The highest BCUT2D eigenvalue weighted by atomic mass is 16.3. The van der Waals surface area contributed by atoms with Crippen molar-refractivity contribution in [1.82, 2.24) is 4.90 Å². The normalized spacial score (nSPS) is 10.3. The Morgan fingerprint density at radius 3 is 2.61 bits per heavy atom.